The minimum Gasteiger partial charge on any atom is -0.444 e. The number of carbonyl (C=O) groups is 3. The van der Waals surface area contributed by atoms with Gasteiger partial charge in [0.25, 0.3) is 5.91 Å². The Morgan fingerprint density at radius 3 is 2.38 bits per heavy atom. The lowest BCUT2D eigenvalue weighted by molar-refractivity contribution is 0.0240. The number of likely N-dealkylation sites (N-methyl/N-ethyl adjacent to an activating group) is 1. The highest BCUT2D eigenvalue weighted by atomic mass is 16.6. The zero-order valence-corrected chi connectivity index (χ0v) is 24.7. The summed E-state index contributed by atoms with van der Waals surface area (Å²) in [4.78, 5) is 60.3. The molecule has 1 atom stereocenters. The Bertz CT molecular complexity index is 1310. The molecule has 3 N–H and O–H groups in total. The Balaban J connectivity index is 1.24. The first kappa shape index (κ1) is 29.1. The number of pyridine rings is 1. The van der Waals surface area contributed by atoms with Crippen LogP contribution in [-0.4, -0.2) is 119 Å². The van der Waals surface area contributed by atoms with E-state index >= 15 is 0 Å². The molecule has 3 aliphatic rings. The minimum atomic E-state index is -0.696. The Hall–Kier alpha value is -4.36. The third kappa shape index (κ3) is 6.58. The lowest BCUT2D eigenvalue weighted by Gasteiger charge is -2.37. The molecule has 0 spiro atoms. The summed E-state index contributed by atoms with van der Waals surface area (Å²) < 4.78 is 5.48. The maximum Gasteiger partial charge on any atom is 0.410 e. The molecule has 3 fully saturated rings. The number of rotatable bonds is 6. The topological polar surface area (TPSA) is 153 Å². The number of piperazine rings is 1. The predicted octanol–water partition coefficient (Wildman–Crippen LogP) is 2.11. The maximum atomic E-state index is 12.5. The van der Waals surface area contributed by atoms with E-state index in [9.17, 15) is 14.4 Å². The van der Waals surface area contributed by atoms with Crippen LogP contribution in [0, 0.1) is 0 Å². The van der Waals surface area contributed by atoms with Crippen LogP contribution in [-0.2, 0) is 4.74 Å². The van der Waals surface area contributed by atoms with Gasteiger partial charge in [0.05, 0.1) is 24.1 Å². The van der Waals surface area contributed by atoms with Crippen LogP contribution < -0.4 is 20.9 Å². The van der Waals surface area contributed by atoms with E-state index in [-0.39, 0.29) is 29.7 Å². The number of piperidine rings is 1. The Morgan fingerprint density at radius 1 is 1.00 bits per heavy atom. The molecule has 3 saturated heterocycles. The van der Waals surface area contributed by atoms with E-state index in [1.54, 1.807) is 28.3 Å². The smallest absolute Gasteiger partial charge is 0.410 e. The van der Waals surface area contributed by atoms with Crippen molar-refractivity contribution in [3.05, 3.63) is 30.2 Å². The van der Waals surface area contributed by atoms with Crippen LogP contribution in [0.3, 0.4) is 0 Å². The van der Waals surface area contributed by atoms with Crippen molar-refractivity contribution in [1.29, 1.82) is 0 Å². The van der Waals surface area contributed by atoms with Crippen LogP contribution in [0.5, 0.6) is 0 Å². The van der Waals surface area contributed by atoms with E-state index in [4.69, 9.17) is 15.5 Å². The summed E-state index contributed by atoms with van der Waals surface area (Å²) in [7, 11) is 1.82. The molecule has 3 aliphatic heterocycles. The number of nitrogens with zero attached hydrogens (tertiary/aromatic N) is 8. The first-order valence-electron chi connectivity index (χ1n) is 14.4. The number of nitrogens with two attached hydrogens (primary N) is 1. The Kier molecular flexibility index (Phi) is 8.23. The summed E-state index contributed by atoms with van der Waals surface area (Å²) in [6, 6.07) is 3.88. The van der Waals surface area contributed by atoms with Gasteiger partial charge in [-0.3, -0.25) is 4.79 Å². The summed E-state index contributed by atoms with van der Waals surface area (Å²) in [5.74, 6) is 0.623. The number of primary amides is 1. The normalized spacial score (nSPS) is 19.8. The van der Waals surface area contributed by atoms with Gasteiger partial charge < -0.3 is 40.3 Å². The zero-order chi connectivity index (χ0) is 30.0. The van der Waals surface area contributed by atoms with Crippen LogP contribution in [0.15, 0.2) is 24.5 Å². The van der Waals surface area contributed by atoms with Crippen LogP contribution >= 0.6 is 0 Å². The van der Waals surface area contributed by atoms with Crippen LogP contribution in [0.4, 0.5) is 32.7 Å². The standard InChI is InChI=1S/C28H40N10O4/c1-28(2,3)42-27(41)36-13-11-35(12-14-36)19-7-8-21(30-16-19)32-25-23(24(29)39)31-17-22(33-25)37-9-5-6-20(18-37)38-15-10-34(4)26(38)40/h7-8,16-17,20H,5-6,9-15,18H2,1-4H3,(H2,29,39)(H,30,32,33)/t20-/m1/s1. The molecule has 0 aliphatic carbocycles. The Labute approximate surface area is 245 Å². The van der Waals surface area contributed by atoms with Gasteiger partial charge in [-0.1, -0.05) is 0 Å². The van der Waals surface area contributed by atoms with Crippen LogP contribution in [0.25, 0.3) is 0 Å². The average molecular weight is 581 g/mol. The van der Waals surface area contributed by atoms with Gasteiger partial charge in [0, 0.05) is 59.4 Å². The molecule has 226 valence electrons. The van der Waals surface area contributed by atoms with Gasteiger partial charge in [0.2, 0.25) is 0 Å². The van der Waals surface area contributed by atoms with E-state index in [1.165, 1.54) is 0 Å². The van der Waals surface area contributed by atoms with Crippen molar-refractivity contribution in [2.75, 3.05) is 74.5 Å². The molecule has 5 rings (SSSR count). The minimum absolute atomic E-state index is 0.0211. The van der Waals surface area contributed by atoms with Crippen LogP contribution in [0.1, 0.15) is 44.1 Å². The van der Waals surface area contributed by atoms with Gasteiger partial charge >= 0.3 is 12.1 Å². The quantitative estimate of drug-likeness (QED) is 0.519. The van der Waals surface area contributed by atoms with Crippen molar-refractivity contribution >= 4 is 41.2 Å². The van der Waals surface area contributed by atoms with Crippen molar-refractivity contribution in [1.82, 2.24) is 29.7 Å². The molecule has 0 unspecified atom stereocenters. The third-order valence-corrected chi connectivity index (χ3v) is 7.69. The molecule has 5 heterocycles. The van der Waals surface area contributed by atoms with Crippen molar-refractivity contribution < 1.29 is 19.1 Å². The van der Waals surface area contributed by atoms with E-state index in [0.717, 1.165) is 31.6 Å². The van der Waals surface area contributed by atoms with Gasteiger partial charge in [0.15, 0.2) is 11.5 Å². The summed E-state index contributed by atoms with van der Waals surface area (Å²) in [5, 5.41) is 3.11. The second kappa shape index (κ2) is 11.9. The largest absolute Gasteiger partial charge is 0.444 e. The van der Waals surface area contributed by atoms with Crippen molar-refractivity contribution in [2.45, 2.75) is 45.3 Å². The van der Waals surface area contributed by atoms with Crippen molar-refractivity contribution in [3.8, 4) is 0 Å². The molecule has 4 amide bonds. The molecule has 14 nitrogen and oxygen atoms in total. The van der Waals surface area contributed by atoms with Gasteiger partial charge in [-0.05, 0) is 45.7 Å². The fourth-order valence-electron chi connectivity index (χ4n) is 5.47. The highest BCUT2D eigenvalue weighted by Gasteiger charge is 2.35. The zero-order valence-electron chi connectivity index (χ0n) is 24.7. The molecule has 2 aromatic heterocycles. The maximum absolute atomic E-state index is 12.5. The third-order valence-electron chi connectivity index (χ3n) is 7.69. The summed E-state index contributed by atoms with van der Waals surface area (Å²) >= 11 is 0. The number of ether oxygens (including phenoxy) is 1. The van der Waals surface area contributed by atoms with Crippen LogP contribution in [0.2, 0.25) is 0 Å². The lowest BCUT2D eigenvalue weighted by Crippen LogP contribution is -2.50. The van der Waals surface area contributed by atoms with Crippen molar-refractivity contribution in [3.63, 3.8) is 0 Å². The molecule has 0 aromatic carbocycles. The second-order valence-electron chi connectivity index (χ2n) is 11.9. The lowest BCUT2D eigenvalue weighted by atomic mass is 10.0. The summed E-state index contributed by atoms with van der Waals surface area (Å²) in [6.07, 6.45) is 4.84. The number of aromatic nitrogens is 3. The first-order valence-corrected chi connectivity index (χ1v) is 14.4. The number of hydrogen-bond acceptors (Lipinski definition) is 10. The highest BCUT2D eigenvalue weighted by Crippen LogP contribution is 2.26. The number of nitrogens with one attached hydrogen (secondary N) is 1. The first-order chi connectivity index (χ1) is 20.0. The molecule has 42 heavy (non-hydrogen) atoms. The number of urea groups is 1. The highest BCUT2D eigenvalue weighted by molar-refractivity contribution is 5.96. The fraction of sp³-hybridized carbons (Fsp3) is 0.571. The van der Waals surface area contributed by atoms with Gasteiger partial charge in [0.1, 0.15) is 17.2 Å². The molecular formula is C28H40N10O4. The average Bonchev–Trinajstić information content (AvgIpc) is 3.30. The summed E-state index contributed by atoms with van der Waals surface area (Å²) in [6.45, 7) is 10.8. The molecule has 2 aromatic rings. The van der Waals surface area contributed by atoms with E-state index < -0.39 is 11.5 Å². The number of hydrogen-bond donors (Lipinski definition) is 2. The molecular weight excluding hydrogens is 540 g/mol. The monoisotopic (exact) mass is 580 g/mol. The van der Waals surface area contributed by atoms with E-state index in [1.807, 2.05) is 38.8 Å². The van der Waals surface area contributed by atoms with Crippen molar-refractivity contribution in [2.24, 2.45) is 5.73 Å². The predicted molar refractivity (Wildman–Crippen MR) is 158 cm³/mol. The van der Waals surface area contributed by atoms with Gasteiger partial charge in [-0.15, -0.1) is 0 Å². The number of carbonyl (C=O) groups excluding carboxylic acids is 3. The molecule has 0 bridgehead atoms. The van der Waals surface area contributed by atoms with Gasteiger partial charge in [-0.25, -0.2) is 24.5 Å². The Morgan fingerprint density at radius 2 is 1.76 bits per heavy atom. The summed E-state index contributed by atoms with van der Waals surface area (Å²) in [5.41, 5.74) is 6.02. The van der Waals surface area contributed by atoms with Gasteiger partial charge in [-0.2, -0.15) is 0 Å². The molecule has 0 radical (unpaired) electrons. The number of anilines is 4. The molecule has 0 saturated carbocycles. The SMILES string of the molecule is CN1CCN([C@@H]2CCCN(c3cnc(C(N)=O)c(Nc4ccc(N5CCN(C(=O)OC(C)(C)C)CC5)cn4)n3)C2)C1=O. The van der Waals surface area contributed by atoms with E-state index in [2.05, 4.69) is 25.1 Å². The van der Waals surface area contributed by atoms with E-state index in [0.29, 0.717) is 50.9 Å². The fourth-order valence-corrected chi connectivity index (χ4v) is 5.47. The molecule has 14 heteroatoms. The second-order valence-corrected chi connectivity index (χ2v) is 11.9. The number of amides is 4.